The van der Waals surface area contributed by atoms with Gasteiger partial charge in [0.1, 0.15) is 0 Å². The van der Waals surface area contributed by atoms with Crippen molar-refractivity contribution in [2.75, 3.05) is 33.4 Å². The molecule has 2 aromatic rings. The molecule has 1 unspecified atom stereocenters. The molecule has 25 heavy (non-hydrogen) atoms. The number of aryl methyl sites for hydroxylation is 1. The van der Waals surface area contributed by atoms with Crippen LogP contribution in [0.25, 0.3) is 10.2 Å². The molecule has 138 valence electrons. The van der Waals surface area contributed by atoms with E-state index in [0.717, 1.165) is 36.2 Å². The highest BCUT2D eigenvalue weighted by atomic mass is 32.2. The van der Waals surface area contributed by atoms with Crippen molar-refractivity contribution in [1.29, 1.82) is 0 Å². The summed E-state index contributed by atoms with van der Waals surface area (Å²) in [4.78, 5) is 4.58. The lowest BCUT2D eigenvalue weighted by atomic mass is 10.0. The van der Waals surface area contributed by atoms with Crippen LogP contribution in [0.1, 0.15) is 24.3 Å². The van der Waals surface area contributed by atoms with E-state index in [1.807, 2.05) is 18.2 Å². The number of ether oxygens (including phenoxy) is 1. The van der Waals surface area contributed by atoms with Gasteiger partial charge in [0.05, 0.1) is 21.8 Å². The third kappa shape index (κ3) is 4.98. The molecule has 1 aromatic heterocycles. The van der Waals surface area contributed by atoms with E-state index in [0.29, 0.717) is 26.2 Å². The molecule has 0 radical (unpaired) electrons. The van der Waals surface area contributed by atoms with Gasteiger partial charge in [-0.2, -0.15) is 12.7 Å². The Morgan fingerprint density at radius 2 is 2.24 bits per heavy atom. The first-order valence-corrected chi connectivity index (χ1v) is 10.9. The van der Waals surface area contributed by atoms with Crippen molar-refractivity contribution < 1.29 is 13.2 Å². The van der Waals surface area contributed by atoms with Crippen LogP contribution in [-0.2, 0) is 21.4 Å². The maximum Gasteiger partial charge on any atom is 0.279 e. The number of para-hydroxylation sites is 1. The summed E-state index contributed by atoms with van der Waals surface area (Å²) in [5.41, 5.74) is 1.01. The lowest BCUT2D eigenvalue weighted by Crippen LogP contribution is -2.46. The maximum atomic E-state index is 12.4. The zero-order valence-corrected chi connectivity index (χ0v) is 16.1. The number of nitrogens with zero attached hydrogens (tertiary/aromatic N) is 2. The molecule has 0 bridgehead atoms. The average Bonchev–Trinajstić information content (AvgIpc) is 3.02. The lowest BCUT2D eigenvalue weighted by molar-refractivity contribution is 0.118. The van der Waals surface area contributed by atoms with Gasteiger partial charge in [-0.25, -0.2) is 9.71 Å². The number of nitrogens with one attached hydrogen (secondary N) is 1. The number of fused-ring (bicyclic) bond motifs is 1. The summed E-state index contributed by atoms with van der Waals surface area (Å²) in [7, 11) is -1.74. The minimum atomic E-state index is -3.40. The van der Waals surface area contributed by atoms with E-state index in [1.165, 1.54) is 4.70 Å². The first-order chi connectivity index (χ1) is 12.1. The Morgan fingerprint density at radius 3 is 3.04 bits per heavy atom. The molecule has 0 spiro atoms. The summed E-state index contributed by atoms with van der Waals surface area (Å²) in [6.45, 7) is 2.18. The quantitative estimate of drug-likeness (QED) is 0.711. The van der Waals surface area contributed by atoms with Gasteiger partial charge in [0.2, 0.25) is 0 Å². The zero-order valence-electron chi connectivity index (χ0n) is 14.5. The molecule has 0 saturated carbocycles. The molecule has 1 aromatic carbocycles. The number of thiazole rings is 1. The standard InChI is InChI=1S/C17H25N3O3S2/c1-23-13-14-6-5-11-20(12-14)25(21,22)18-10-4-9-17-19-15-7-2-3-8-16(15)24-17/h2-3,7-8,14,18H,4-6,9-13H2,1H3. The van der Waals surface area contributed by atoms with Crippen LogP contribution < -0.4 is 4.72 Å². The first-order valence-electron chi connectivity index (χ1n) is 8.66. The summed E-state index contributed by atoms with van der Waals surface area (Å²) < 4.78 is 35.5. The molecule has 1 saturated heterocycles. The lowest BCUT2D eigenvalue weighted by Gasteiger charge is -2.31. The van der Waals surface area contributed by atoms with E-state index in [2.05, 4.69) is 15.8 Å². The van der Waals surface area contributed by atoms with Gasteiger partial charge in [-0.15, -0.1) is 11.3 Å². The van der Waals surface area contributed by atoms with Crippen LogP contribution in [0.3, 0.4) is 0 Å². The number of hydrogen-bond donors (Lipinski definition) is 1. The third-order valence-corrected chi connectivity index (χ3v) is 7.09. The van der Waals surface area contributed by atoms with Gasteiger partial charge in [0.15, 0.2) is 0 Å². The monoisotopic (exact) mass is 383 g/mol. The highest BCUT2D eigenvalue weighted by molar-refractivity contribution is 7.87. The Kier molecular flexibility index (Phi) is 6.40. The molecule has 1 aliphatic rings. The highest BCUT2D eigenvalue weighted by Crippen LogP contribution is 2.22. The van der Waals surface area contributed by atoms with E-state index in [4.69, 9.17) is 4.74 Å². The van der Waals surface area contributed by atoms with E-state index in [-0.39, 0.29) is 5.92 Å². The molecule has 0 amide bonds. The topological polar surface area (TPSA) is 71.5 Å². The number of benzene rings is 1. The van der Waals surface area contributed by atoms with Crippen molar-refractivity contribution in [2.24, 2.45) is 5.92 Å². The second-order valence-corrected chi connectivity index (χ2v) is 9.27. The van der Waals surface area contributed by atoms with Crippen molar-refractivity contribution in [3.63, 3.8) is 0 Å². The van der Waals surface area contributed by atoms with Crippen LogP contribution in [0.2, 0.25) is 0 Å². The Bertz CT molecular complexity index is 756. The predicted octanol–water partition coefficient (Wildman–Crippen LogP) is 2.42. The second kappa shape index (κ2) is 8.55. The third-order valence-electron chi connectivity index (χ3n) is 4.41. The van der Waals surface area contributed by atoms with Crippen LogP contribution in [0.5, 0.6) is 0 Å². The fourth-order valence-corrected chi connectivity index (χ4v) is 5.55. The maximum absolute atomic E-state index is 12.4. The number of hydrogen-bond acceptors (Lipinski definition) is 5. The number of rotatable bonds is 8. The molecule has 1 aliphatic heterocycles. The molecule has 1 fully saturated rings. The van der Waals surface area contributed by atoms with Crippen LogP contribution in [0.15, 0.2) is 24.3 Å². The van der Waals surface area contributed by atoms with Crippen LogP contribution in [-0.4, -0.2) is 51.1 Å². The van der Waals surface area contributed by atoms with Crippen LogP contribution in [0.4, 0.5) is 0 Å². The van der Waals surface area contributed by atoms with Gasteiger partial charge >= 0.3 is 0 Å². The summed E-state index contributed by atoms with van der Waals surface area (Å²) in [5.74, 6) is 0.290. The summed E-state index contributed by atoms with van der Waals surface area (Å²) in [5, 5.41) is 1.05. The van der Waals surface area contributed by atoms with Gasteiger partial charge in [-0.05, 0) is 37.3 Å². The fraction of sp³-hybridized carbons (Fsp3) is 0.588. The highest BCUT2D eigenvalue weighted by Gasteiger charge is 2.28. The molecular formula is C17H25N3O3S2. The van der Waals surface area contributed by atoms with Gasteiger partial charge in [-0.1, -0.05) is 12.1 Å². The van der Waals surface area contributed by atoms with Gasteiger partial charge in [0.25, 0.3) is 10.2 Å². The van der Waals surface area contributed by atoms with Crippen molar-refractivity contribution in [3.05, 3.63) is 29.3 Å². The molecular weight excluding hydrogens is 358 g/mol. The Morgan fingerprint density at radius 1 is 1.40 bits per heavy atom. The van der Waals surface area contributed by atoms with Crippen molar-refractivity contribution in [2.45, 2.75) is 25.7 Å². The normalized spacial score (nSPS) is 19.5. The molecule has 1 N–H and O–H groups in total. The smallest absolute Gasteiger partial charge is 0.279 e. The Labute approximate surface area is 153 Å². The minimum absolute atomic E-state index is 0.290. The SMILES string of the molecule is COCC1CCCN(S(=O)(=O)NCCCc2nc3ccccc3s2)C1. The van der Waals surface area contributed by atoms with Crippen molar-refractivity contribution in [3.8, 4) is 0 Å². The fourth-order valence-electron chi connectivity index (χ4n) is 3.18. The molecule has 8 heteroatoms. The number of methoxy groups -OCH3 is 1. The first kappa shape index (κ1) is 18.7. The molecule has 3 rings (SSSR count). The minimum Gasteiger partial charge on any atom is -0.384 e. The molecule has 2 heterocycles. The zero-order chi connectivity index (χ0) is 17.7. The summed E-state index contributed by atoms with van der Waals surface area (Å²) in [6.07, 6.45) is 3.45. The van der Waals surface area contributed by atoms with Crippen LogP contribution in [0, 0.1) is 5.92 Å². The molecule has 0 aliphatic carbocycles. The summed E-state index contributed by atoms with van der Waals surface area (Å²) in [6, 6.07) is 8.06. The van der Waals surface area contributed by atoms with E-state index < -0.39 is 10.2 Å². The van der Waals surface area contributed by atoms with Crippen LogP contribution >= 0.6 is 11.3 Å². The molecule has 1 atom stereocenters. The van der Waals surface area contributed by atoms with E-state index in [9.17, 15) is 8.42 Å². The van der Waals surface area contributed by atoms with E-state index in [1.54, 1.807) is 22.8 Å². The Hall–Kier alpha value is -1.06. The Balaban J connectivity index is 1.47. The second-order valence-electron chi connectivity index (χ2n) is 6.40. The van der Waals surface area contributed by atoms with Gasteiger partial charge in [-0.3, -0.25) is 0 Å². The number of piperidine rings is 1. The van der Waals surface area contributed by atoms with Crippen molar-refractivity contribution in [1.82, 2.24) is 14.0 Å². The number of aromatic nitrogens is 1. The van der Waals surface area contributed by atoms with E-state index >= 15 is 0 Å². The predicted molar refractivity (Wildman–Crippen MR) is 101 cm³/mol. The average molecular weight is 384 g/mol. The van der Waals surface area contributed by atoms with Gasteiger partial charge < -0.3 is 4.74 Å². The molecule has 6 nitrogen and oxygen atoms in total. The van der Waals surface area contributed by atoms with Gasteiger partial charge in [0, 0.05) is 33.2 Å². The van der Waals surface area contributed by atoms with Crippen molar-refractivity contribution >= 4 is 31.8 Å². The largest absolute Gasteiger partial charge is 0.384 e. The summed E-state index contributed by atoms with van der Waals surface area (Å²) >= 11 is 1.68.